The second kappa shape index (κ2) is 4.69. The van der Waals surface area contributed by atoms with Crippen molar-refractivity contribution in [3.05, 3.63) is 22.2 Å². The summed E-state index contributed by atoms with van der Waals surface area (Å²) in [6.45, 7) is 7.55. The molecule has 1 heterocycles. The van der Waals surface area contributed by atoms with E-state index in [1.807, 2.05) is 12.1 Å². The zero-order chi connectivity index (χ0) is 12.6. The number of alkyl halides is 1. The van der Waals surface area contributed by atoms with Crippen molar-refractivity contribution in [1.29, 1.82) is 0 Å². The van der Waals surface area contributed by atoms with E-state index in [0.717, 1.165) is 21.5 Å². The number of ether oxygens (including phenoxy) is 2. The Kier molecular flexibility index (Phi) is 3.60. The van der Waals surface area contributed by atoms with Crippen LogP contribution < -0.4 is 9.47 Å². The number of fused-ring (bicyclic) bond motifs is 1. The van der Waals surface area contributed by atoms with E-state index in [1.165, 1.54) is 0 Å². The Hall–Kier alpha value is -0.410. The van der Waals surface area contributed by atoms with Crippen LogP contribution in [0.5, 0.6) is 11.5 Å². The van der Waals surface area contributed by atoms with E-state index in [-0.39, 0.29) is 10.8 Å². The molecule has 2 nitrogen and oxygen atoms in total. The summed E-state index contributed by atoms with van der Waals surface area (Å²) in [6.07, 6.45) is 0. The molecular weight excluding hydrogens is 303 g/mol. The van der Waals surface area contributed by atoms with Crippen LogP contribution in [0.15, 0.2) is 16.6 Å². The number of hydrogen-bond acceptors (Lipinski definition) is 2. The summed E-state index contributed by atoms with van der Waals surface area (Å²) in [5.41, 5.74) is 1.04. The molecule has 94 valence electrons. The van der Waals surface area contributed by atoms with Crippen LogP contribution in [0.4, 0.5) is 0 Å². The normalized spacial score (nSPS) is 16.8. The molecule has 0 spiro atoms. The van der Waals surface area contributed by atoms with Crippen LogP contribution in [0.3, 0.4) is 0 Å². The second-order valence-corrected chi connectivity index (χ2v) is 6.54. The summed E-state index contributed by atoms with van der Waals surface area (Å²) in [5.74, 6) is 1.56. The van der Waals surface area contributed by atoms with Crippen molar-refractivity contribution in [2.75, 3.05) is 13.2 Å². The van der Waals surface area contributed by atoms with E-state index >= 15 is 0 Å². The molecule has 0 amide bonds. The number of benzene rings is 1. The smallest absolute Gasteiger partial charge is 0.162 e. The van der Waals surface area contributed by atoms with Gasteiger partial charge in [-0.05, 0) is 23.1 Å². The number of halogens is 2. The van der Waals surface area contributed by atoms with Gasteiger partial charge in [-0.15, -0.1) is 11.6 Å². The first-order chi connectivity index (χ1) is 7.89. The Morgan fingerprint density at radius 1 is 1.18 bits per heavy atom. The molecule has 2 rings (SSSR count). The Bertz CT molecular complexity index is 426. The number of hydrogen-bond donors (Lipinski definition) is 0. The van der Waals surface area contributed by atoms with Crippen LogP contribution >= 0.6 is 27.5 Å². The van der Waals surface area contributed by atoms with Crippen molar-refractivity contribution in [2.45, 2.75) is 26.1 Å². The molecule has 0 saturated carbocycles. The largest absolute Gasteiger partial charge is 0.486 e. The molecule has 0 aromatic heterocycles. The first-order valence-corrected chi connectivity index (χ1v) is 6.85. The standard InChI is InChI=1S/C13H16BrClO2/c1-13(2,3)12(15)8-6-10-11(7-9(8)14)17-5-4-16-10/h6-7,12H,4-5H2,1-3H3. The Morgan fingerprint density at radius 3 is 2.24 bits per heavy atom. The summed E-state index contributed by atoms with van der Waals surface area (Å²) >= 11 is 10.1. The highest BCUT2D eigenvalue weighted by Gasteiger charge is 2.27. The zero-order valence-electron chi connectivity index (χ0n) is 10.2. The van der Waals surface area contributed by atoms with Crippen LogP contribution in [-0.2, 0) is 0 Å². The molecule has 0 N–H and O–H groups in total. The van der Waals surface area contributed by atoms with Gasteiger partial charge in [-0.3, -0.25) is 0 Å². The van der Waals surface area contributed by atoms with E-state index in [4.69, 9.17) is 21.1 Å². The van der Waals surface area contributed by atoms with Gasteiger partial charge in [0.25, 0.3) is 0 Å². The molecule has 1 aromatic rings. The molecule has 1 aliphatic heterocycles. The highest BCUT2D eigenvalue weighted by atomic mass is 79.9. The average molecular weight is 320 g/mol. The predicted molar refractivity (Wildman–Crippen MR) is 73.2 cm³/mol. The highest BCUT2D eigenvalue weighted by Crippen LogP contribution is 2.45. The van der Waals surface area contributed by atoms with Gasteiger partial charge in [0.05, 0.1) is 5.38 Å². The second-order valence-electron chi connectivity index (χ2n) is 5.25. The minimum atomic E-state index is -0.0762. The van der Waals surface area contributed by atoms with E-state index in [9.17, 15) is 0 Å². The molecule has 1 aromatic carbocycles. The maximum Gasteiger partial charge on any atom is 0.162 e. The average Bonchev–Trinajstić information content (AvgIpc) is 2.26. The molecule has 1 aliphatic rings. The molecule has 1 atom stereocenters. The maximum atomic E-state index is 6.50. The third-order valence-electron chi connectivity index (χ3n) is 2.69. The molecule has 0 fully saturated rings. The molecule has 0 bridgehead atoms. The molecule has 0 aliphatic carbocycles. The van der Waals surface area contributed by atoms with Crippen molar-refractivity contribution in [3.8, 4) is 11.5 Å². The van der Waals surface area contributed by atoms with Gasteiger partial charge in [-0.1, -0.05) is 36.7 Å². The van der Waals surface area contributed by atoms with Gasteiger partial charge in [0, 0.05) is 4.47 Å². The quantitative estimate of drug-likeness (QED) is 0.707. The Labute approximate surface area is 115 Å². The lowest BCUT2D eigenvalue weighted by Gasteiger charge is -2.28. The monoisotopic (exact) mass is 318 g/mol. The van der Waals surface area contributed by atoms with Crippen molar-refractivity contribution in [1.82, 2.24) is 0 Å². The lowest BCUT2D eigenvalue weighted by atomic mass is 9.87. The van der Waals surface area contributed by atoms with Gasteiger partial charge in [0.1, 0.15) is 13.2 Å². The summed E-state index contributed by atoms with van der Waals surface area (Å²) in [4.78, 5) is 0. The van der Waals surface area contributed by atoms with Gasteiger partial charge >= 0.3 is 0 Å². The van der Waals surface area contributed by atoms with Gasteiger partial charge in [-0.2, -0.15) is 0 Å². The molecule has 4 heteroatoms. The van der Waals surface area contributed by atoms with Crippen LogP contribution in [-0.4, -0.2) is 13.2 Å². The van der Waals surface area contributed by atoms with Crippen molar-refractivity contribution in [3.63, 3.8) is 0 Å². The minimum absolute atomic E-state index is 0.00611. The van der Waals surface area contributed by atoms with E-state index in [0.29, 0.717) is 13.2 Å². The summed E-state index contributed by atoms with van der Waals surface area (Å²) < 4.78 is 12.1. The van der Waals surface area contributed by atoms with Crippen LogP contribution in [0, 0.1) is 5.41 Å². The molecule has 0 saturated heterocycles. The van der Waals surface area contributed by atoms with Crippen molar-refractivity contribution >= 4 is 27.5 Å². The highest BCUT2D eigenvalue weighted by molar-refractivity contribution is 9.10. The lowest BCUT2D eigenvalue weighted by molar-refractivity contribution is 0.171. The topological polar surface area (TPSA) is 18.5 Å². The molecular formula is C13H16BrClO2. The molecule has 0 radical (unpaired) electrons. The lowest BCUT2D eigenvalue weighted by Crippen LogP contribution is -2.17. The van der Waals surface area contributed by atoms with E-state index in [1.54, 1.807) is 0 Å². The molecule has 1 unspecified atom stereocenters. The minimum Gasteiger partial charge on any atom is -0.486 e. The van der Waals surface area contributed by atoms with Crippen molar-refractivity contribution in [2.24, 2.45) is 5.41 Å². The van der Waals surface area contributed by atoms with Crippen LogP contribution in [0.2, 0.25) is 0 Å². The fourth-order valence-corrected chi connectivity index (χ4v) is 2.60. The third kappa shape index (κ3) is 2.71. The number of rotatable bonds is 1. The van der Waals surface area contributed by atoms with Gasteiger partial charge < -0.3 is 9.47 Å². The maximum absolute atomic E-state index is 6.50. The van der Waals surface area contributed by atoms with Crippen molar-refractivity contribution < 1.29 is 9.47 Å². The SMILES string of the molecule is CC(C)(C)C(Cl)c1cc2c(cc1Br)OCCO2. The summed E-state index contributed by atoms with van der Waals surface area (Å²) in [5, 5.41) is -0.0762. The Morgan fingerprint density at radius 2 is 1.71 bits per heavy atom. The fraction of sp³-hybridized carbons (Fsp3) is 0.538. The fourth-order valence-electron chi connectivity index (χ4n) is 1.74. The zero-order valence-corrected chi connectivity index (χ0v) is 12.6. The molecule has 17 heavy (non-hydrogen) atoms. The summed E-state index contributed by atoms with van der Waals surface area (Å²) in [7, 11) is 0. The van der Waals surface area contributed by atoms with E-state index in [2.05, 4.69) is 36.7 Å². The predicted octanol–water partition coefficient (Wildman–Crippen LogP) is 4.55. The van der Waals surface area contributed by atoms with Crippen LogP contribution in [0.1, 0.15) is 31.7 Å². The van der Waals surface area contributed by atoms with Gasteiger partial charge in [-0.25, -0.2) is 0 Å². The van der Waals surface area contributed by atoms with Crippen LogP contribution in [0.25, 0.3) is 0 Å². The van der Waals surface area contributed by atoms with Gasteiger partial charge in [0.2, 0.25) is 0 Å². The first kappa shape index (κ1) is 13.0. The first-order valence-electron chi connectivity index (χ1n) is 5.62. The van der Waals surface area contributed by atoms with E-state index < -0.39 is 0 Å². The summed E-state index contributed by atoms with van der Waals surface area (Å²) in [6, 6.07) is 3.91. The third-order valence-corrected chi connectivity index (χ3v) is 4.27. The Balaban J connectivity index is 2.41. The van der Waals surface area contributed by atoms with Gasteiger partial charge in [0.15, 0.2) is 11.5 Å².